The molecule has 4 aliphatic heterocycles. The van der Waals surface area contributed by atoms with Crippen LogP contribution in [0.1, 0.15) is 38.5 Å². The highest BCUT2D eigenvalue weighted by Gasteiger charge is 2.72. The summed E-state index contributed by atoms with van der Waals surface area (Å²) in [4.78, 5) is 46.9. The van der Waals surface area contributed by atoms with E-state index in [-0.39, 0.29) is 23.8 Å². The molecule has 216 valence electrons. The van der Waals surface area contributed by atoms with Crippen LogP contribution < -0.4 is 10.6 Å². The fraction of sp³-hybridized carbons (Fsp3) is 0.633. The number of morpholine rings is 1. The van der Waals surface area contributed by atoms with E-state index in [0.29, 0.717) is 12.2 Å². The second kappa shape index (κ2) is 11.8. The molecule has 9 nitrogen and oxygen atoms in total. The highest BCUT2D eigenvalue weighted by atomic mass is 32.2. The molecule has 1 saturated carbocycles. The third-order valence-electron chi connectivity index (χ3n) is 9.19. The Kier molecular flexibility index (Phi) is 8.21. The van der Waals surface area contributed by atoms with Gasteiger partial charge in [-0.3, -0.25) is 19.3 Å². The van der Waals surface area contributed by atoms with Crippen molar-refractivity contribution < 1.29 is 23.9 Å². The monoisotopic (exact) mass is 568 g/mol. The molecule has 4 fully saturated rings. The average Bonchev–Trinajstić information content (AvgIpc) is 3.61. The summed E-state index contributed by atoms with van der Waals surface area (Å²) in [6.45, 7) is 4.47. The van der Waals surface area contributed by atoms with Crippen LogP contribution in [0.4, 0.5) is 5.69 Å². The number of fused-ring (bicyclic) bond motifs is 1. The van der Waals surface area contributed by atoms with Gasteiger partial charge < -0.3 is 25.0 Å². The lowest BCUT2D eigenvalue weighted by Gasteiger charge is -2.34. The minimum atomic E-state index is -1.12. The van der Waals surface area contributed by atoms with E-state index in [9.17, 15) is 14.4 Å². The van der Waals surface area contributed by atoms with Crippen molar-refractivity contribution in [3.8, 4) is 0 Å². The average molecular weight is 569 g/mol. The van der Waals surface area contributed by atoms with Gasteiger partial charge in [0.1, 0.15) is 11.6 Å². The molecule has 6 rings (SSSR count). The summed E-state index contributed by atoms with van der Waals surface area (Å²) < 4.78 is 12.0. The lowest BCUT2D eigenvalue weighted by Crippen LogP contribution is -2.56. The molecule has 3 amide bonds. The standard InChI is InChI=1S/C30H40N4O5S/c1-40-22-10-5-9-21(19-22)32-27(35)24-23-11-12-30(39-23)25(24)29(37)34(14-6-13-33-15-17-38-18-16-33)26(30)28(36)31-20-7-3-2-4-8-20/h5,9-12,19-20,23-26H,2-4,6-8,13-18H2,1H3,(H,31,36)(H,32,35)/t23-,24-,25-,26-,30-/m0/s1. The number of ether oxygens (including phenoxy) is 2. The molecule has 0 unspecified atom stereocenters. The van der Waals surface area contributed by atoms with Crippen LogP contribution >= 0.6 is 11.8 Å². The summed E-state index contributed by atoms with van der Waals surface area (Å²) in [6.07, 6.45) is 11.3. The van der Waals surface area contributed by atoms with Gasteiger partial charge in [0.2, 0.25) is 17.7 Å². The maximum Gasteiger partial charge on any atom is 0.246 e. The van der Waals surface area contributed by atoms with E-state index in [1.807, 2.05) is 42.7 Å². The van der Waals surface area contributed by atoms with Crippen molar-refractivity contribution in [1.29, 1.82) is 0 Å². The zero-order valence-electron chi connectivity index (χ0n) is 23.2. The fourth-order valence-corrected chi connectivity index (χ4v) is 7.71. The SMILES string of the molecule is CSc1cccc(NC(=O)[C@H]2[C@@H]3C=C[C@]4(O3)[C@@H]2C(=O)N(CCCN2CCOCC2)[C@H]4C(=O)NC2CCCCC2)c1. The Morgan fingerprint density at radius 1 is 1.10 bits per heavy atom. The summed E-state index contributed by atoms with van der Waals surface area (Å²) in [5.74, 6) is -1.97. The predicted octanol–water partition coefficient (Wildman–Crippen LogP) is 2.67. The van der Waals surface area contributed by atoms with Gasteiger partial charge in [-0.2, -0.15) is 0 Å². The zero-order chi connectivity index (χ0) is 27.7. The summed E-state index contributed by atoms with van der Waals surface area (Å²) in [6, 6.07) is 7.01. The summed E-state index contributed by atoms with van der Waals surface area (Å²) in [5, 5.41) is 6.29. The number of amides is 3. The molecular formula is C30H40N4O5S. The van der Waals surface area contributed by atoms with Gasteiger partial charge >= 0.3 is 0 Å². The van der Waals surface area contributed by atoms with Crippen LogP contribution in [0.5, 0.6) is 0 Å². The number of likely N-dealkylation sites (tertiary alicyclic amines) is 1. The van der Waals surface area contributed by atoms with Crippen LogP contribution in [0.2, 0.25) is 0 Å². The smallest absolute Gasteiger partial charge is 0.246 e. The largest absolute Gasteiger partial charge is 0.379 e. The number of thioether (sulfide) groups is 1. The molecule has 10 heteroatoms. The number of carbonyl (C=O) groups is 3. The second-order valence-corrected chi connectivity index (χ2v) is 12.5. The Morgan fingerprint density at radius 2 is 1.90 bits per heavy atom. The molecule has 4 heterocycles. The van der Waals surface area contributed by atoms with E-state index < -0.39 is 29.6 Å². The van der Waals surface area contributed by atoms with Crippen molar-refractivity contribution in [2.24, 2.45) is 11.8 Å². The summed E-state index contributed by atoms with van der Waals surface area (Å²) in [7, 11) is 0. The molecule has 0 aromatic heterocycles. The van der Waals surface area contributed by atoms with E-state index in [4.69, 9.17) is 9.47 Å². The van der Waals surface area contributed by atoms with Crippen molar-refractivity contribution in [3.05, 3.63) is 36.4 Å². The van der Waals surface area contributed by atoms with Gasteiger partial charge in [-0.15, -0.1) is 11.8 Å². The lowest BCUT2D eigenvalue weighted by atomic mass is 9.74. The van der Waals surface area contributed by atoms with Gasteiger partial charge in [0, 0.05) is 42.8 Å². The molecule has 40 heavy (non-hydrogen) atoms. The number of nitrogens with zero attached hydrogens (tertiary/aromatic N) is 2. The van der Waals surface area contributed by atoms with E-state index in [1.54, 1.807) is 16.7 Å². The maximum atomic E-state index is 14.1. The Balaban J connectivity index is 1.23. The molecular weight excluding hydrogens is 528 g/mol. The Morgan fingerprint density at radius 3 is 2.67 bits per heavy atom. The third kappa shape index (κ3) is 5.19. The van der Waals surface area contributed by atoms with Crippen LogP contribution in [0, 0.1) is 11.8 Å². The number of carbonyl (C=O) groups excluding carboxylic acids is 3. The molecule has 1 aliphatic carbocycles. The lowest BCUT2D eigenvalue weighted by molar-refractivity contribution is -0.141. The van der Waals surface area contributed by atoms with Crippen molar-refractivity contribution in [2.75, 3.05) is 51.0 Å². The number of nitrogens with one attached hydrogen (secondary N) is 2. The van der Waals surface area contributed by atoms with Gasteiger partial charge in [0.15, 0.2) is 0 Å². The van der Waals surface area contributed by atoms with Gasteiger partial charge in [-0.1, -0.05) is 37.5 Å². The van der Waals surface area contributed by atoms with Crippen LogP contribution in [-0.4, -0.2) is 97.0 Å². The number of hydrogen-bond donors (Lipinski definition) is 2. The minimum absolute atomic E-state index is 0.118. The van der Waals surface area contributed by atoms with Crippen LogP contribution in [0.15, 0.2) is 41.3 Å². The summed E-state index contributed by atoms with van der Waals surface area (Å²) in [5.41, 5.74) is -0.431. The van der Waals surface area contributed by atoms with E-state index in [1.165, 1.54) is 6.42 Å². The van der Waals surface area contributed by atoms with Gasteiger partial charge in [0.25, 0.3) is 0 Å². The van der Waals surface area contributed by atoms with Gasteiger partial charge in [-0.05, 0) is 43.7 Å². The quantitative estimate of drug-likeness (QED) is 0.349. The minimum Gasteiger partial charge on any atom is -0.379 e. The third-order valence-corrected chi connectivity index (χ3v) is 9.92. The topological polar surface area (TPSA) is 100 Å². The van der Waals surface area contributed by atoms with Crippen molar-refractivity contribution >= 4 is 35.2 Å². The molecule has 1 spiro atoms. The number of benzene rings is 1. The first-order valence-corrected chi connectivity index (χ1v) is 16.0. The Labute approximate surface area is 240 Å². The number of rotatable bonds is 9. The molecule has 2 N–H and O–H groups in total. The molecule has 0 radical (unpaired) electrons. The van der Waals surface area contributed by atoms with Crippen molar-refractivity contribution in [1.82, 2.24) is 15.1 Å². The van der Waals surface area contributed by atoms with Crippen LogP contribution in [0.25, 0.3) is 0 Å². The highest BCUT2D eigenvalue weighted by Crippen LogP contribution is 2.55. The molecule has 1 aromatic rings. The van der Waals surface area contributed by atoms with E-state index in [0.717, 1.165) is 69.8 Å². The van der Waals surface area contributed by atoms with Crippen molar-refractivity contribution in [2.45, 2.75) is 67.2 Å². The van der Waals surface area contributed by atoms with Gasteiger partial charge in [0.05, 0.1) is 31.2 Å². The van der Waals surface area contributed by atoms with Crippen LogP contribution in [-0.2, 0) is 23.9 Å². The maximum absolute atomic E-state index is 14.1. The first kappa shape index (κ1) is 27.8. The van der Waals surface area contributed by atoms with Crippen molar-refractivity contribution in [3.63, 3.8) is 0 Å². The summed E-state index contributed by atoms with van der Waals surface area (Å²) >= 11 is 1.60. The second-order valence-electron chi connectivity index (χ2n) is 11.6. The molecule has 2 bridgehead atoms. The van der Waals surface area contributed by atoms with Crippen LogP contribution in [0.3, 0.4) is 0 Å². The Hall–Kier alpha value is -2.40. The normalized spacial score (nSPS) is 31.9. The first-order chi connectivity index (χ1) is 19.5. The molecule has 1 aromatic carbocycles. The first-order valence-electron chi connectivity index (χ1n) is 14.7. The predicted molar refractivity (Wildman–Crippen MR) is 153 cm³/mol. The zero-order valence-corrected chi connectivity index (χ0v) is 24.0. The molecule has 5 aliphatic rings. The Bertz CT molecular complexity index is 1150. The number of anilines is 1. The highest BCUT2D eigenvalue weighted by molar-refractivity contribution is 7.98. The number of hydrogen-bond acceptors (Lipinski definition) is 7. The van der Waals surface area contributed by atoms with E-state index in [2.05, 4.69) is 15.5 Å². The molecule has 3 saturated heterocycles. The van der Waals surface area contributed by atoms with E-state index >= 15 is 0 Å². The molecule has 5 atom stereocenters. The van der Waals surface area contributed by atoms with Gasteiger partial charge in [-0.25, -0.2) is 0 Å². The fourth-order valence-electron chi connectivity index (χ4n) is 7.25.